The zero-order chi connectivity index (χ0) is 10.3. The van der Waals surface area contributed by atoms with E-state index in [2.05, 4.69) is 4.52 Å². The van der Waals surface area contributed by atoms with E-state index in [0.717, 1.165) is 0 Å². The molecule has 2 aliphatic heterocycles. The molecule has 6 nitrogen and oxygen atoms in total. The molecule has 3 atom stereocenters. The normalized spacial score (nSPS) is 40.7. The molecular weight excluding hydrogens is 210 g/mol. The van der Waals surface area contributed by atoms with Crippen molar-refractivity contribution in [2.45, 2.75) is 12.1 Å². The minimum Gasteiger partial charge on any atom is -0.394 e. The summed E-state index contributed by atoms with van der Waals surface area (Å²) in [7, 11) is 2.95. The minimum atomic E-state index is -4.01. The molecule has 0 aromatic carbocycles. The van der Waals surface area contributed by atoms with Gasteiger partial charge in [0.25, 0.3) is 0 Å². The fraction of sp³-hybridized carbons (Fsp3) is 0.667. The fourth-order valence-corrected chi connectivity index (χ4v) is 2.27. The van der Waals surface area contributed by atoms with E-state index < -0.39 is 19.9 Å². The molecule has 0 aromatic heterocycles. The molecule has 1 N–H and O–H groups in total. The maximum absolute atomic E-state index is 11.0. The molecule has 2 heterocycles. The molecule has 0 aromatic rings. The van der Waals surface area contributed by atoms with Crippen LogP contribution in [0.3, 0.4) is 0 Å². The van der Waals surface area contributed by atoms with E-state index in [0.29, 0.717) is 0 Å². The molecule has 0 aliphatic carbocycles. The second-order valence-corrected chi connectivity index (χ2v) is 4.18. The summed E-state index contributed by atoms with van der Waals surface area (Å²) in [4.78, 5) is 9.02. The monoisotopic (exact) mass is 218 g/mol. The summed E-state index contributed by atoms with van der Waals surface area (Å²) in [5.74, 6) is 0.239. The largest absolute Gasteiger partial charge is 0.584 e. The number of rotatable bonds is 2. The number of ether oxygens (including phenoxy) is 2. The van der Waals surface area contributed by atoms with Gasteiger partial charge in [0.1, 0.15) is 14.0 Å². The maximum Gasteiger partial charge on any atom is 0.584 e. The molecular formula is C6H8BO6P. The first-order valence-electron chi connectivity index (χ1n) is 3.89. The van der Waals surface area contributed by atoms with E-state index in [1.54, 1.807) is 0 Å². The zero-order valence-corrected chi connectivity index (χ0v) is 8.27. The third-order valence-corrected chi connectivity index (χ3v) is 2.70. The second kappa shape index (κ2) is 3.27. The molecule has 0 saturated carbocycles. The van der Waals surface area contributed by atoms with Crippen molar-refractivity contribution in [3.8, 4) is 0 Å². The lowest BCUT2D eigenvalue weighted by Gasteiger charge is -2.16. The fourth-order valence-electron chi connectivity index (χ4n) is 1.33. The van der Waals surface area contributed by atoms with Crippen molar-refractivity contribution in [3.63, 3.8) is 0 Å². The first kappa shape index (κ1) is 10.0. The number of phosphoric ester groups is 1. The third kappa shape index (κ3) is 1.57. The molecule has 0 bridgehead atoms. The Morgan fingerprint density at radius 3 is 2.86 bits per heavy atom. The molecule has 0 saturated heterocycles. The summed E-state index contributed by atoms with van der Waals surface area (Å²) in [6.07, 6.45) is -0.576. The highest BCUT2D eigenvalue weighted by Crippen LogP contribution is 2.57. The lowest BCUT2D eigenvalue weighted by molar-refractivity contribution is 0.00707. The van der Waals surface area contributed by atoms with Gasteiger partial charge < -0.3 is 18.5 Å². The standard InChI is InChI=1S/C6H8BO6P/c1-10-2-3-4-5(6(7)11-3)13-14(8,9)12-4/h3,6H,2H2,1H3,(H,8,9)/t3-,6-/m1/s1. The highest BCUT2D eigenvalue weighted by Gasteiger charge is 2.47. The Labute approximate surface area is 81.8 Å². The number of methoxy groups -OCH3 is 1. The molecule has 14 heavy (non-hydrogen) atoms. The highest BCUT2D eigenvalue weighted by molar-refractivity contribution is 7.47. The van der Waals surface area contributed by atoms with Crippen LogP contribution in [-0.2, 0) is 23.1 Å². The number of hydrogen-bond acceptors (Lipinski definition) is 5. The lowest BCUT2D eigenvalue weighted by Crippen LogP contribution is -2.21. The van der Waals surface area contributed by atoms with Crippen molar-refractivity contribution in [1.29, 1.82) is 0 Å². The van der Waals surface area contributed by atoms with Crippen molar-refractivity contribution in [2.75, 3.05) is 13.7 Å². The first-order chi connectivity index (χ1) is 6.53. The molecule has 0 spiro atoms. The molecule has 0 amide bonds. The minimum absolute atomic E-state index is 0.0814. The predicted octanol–water partition coefficient (Wildman–Crippen LogP) is -0.115. The second-order valence-electron chi connectivity index (χ2n) is 2.88. The summed E-state index contributed by atoms with van der Waals surface area (Å²) >= 11 is 0. The van der Waals surface area contributed by atoms with Gasteiger partial charge in [0.05, 0.1) is 12.6 Å². The van der Waals surface area contributed by atoms with Crippen molar-refractivity contribution in [1.82, 2.24) is 0 Å². The van der Waals surface area contributed by atoms with Crippen LogP contribution < -0.4 is 0 Å². The Hall–Kier alpha value is -0.485. The van der Waals surface area contributed by atoms with Crippen LogP contribution in [0.5, 0.6) is 0 Å². The van der Waals surface area contributed by atoms with Gasteiger partial charge in [-0.3, -0.25) is 4.89 Å². The van der Waals surface area contributed by atoms with Gasteiger partial charge in [-0.05, 0) is 0 Å². The Kier molecular flexibility index (Phi) is 2.35. The van der Waals surface area contributed by atoms with Gasteiger partial charge >= 0.3 is 7.82 Å². The Morgan fingerprint density at radius 1 is 1.57 bits per heavy atom. The summed E-state index contributed by atoms with van der Waals surface area (Å²) < 4.78 is 30.3. The molecule has 1 unspecified atom stereocenters. The van der Waals surface area contributed by atoms with E-state index in [9.17, 15) is 4.57 Å². The van der Waals surface area contributed by atoms with Crippen LogP contribution in [0.1, 0.15) is 0 Å². The van der Waals surface area contributed by atoms with Gasteiger partial charge in [-0.2, -0.15) is 0 Å². The molecule has 2 rings (SSSR count). The average molecular weight is 218 g/mol. The van der Waals surface area contributed by atoms with E-state index in [1.165, 1.54) is 7.11 Å². The van der Waals surface area contributed by atoms with Crippen molar-refractivity contribution in [3.05, 3.63) is 11.5 Å². The molecule has 76 valence electrons. The van der Waals surface area contributed by atoms with Crippen LogP contribution in [0, 0.1) is 0 Å². The van der Waals surface area contributed by atoms with Crippen LogP contribution in [0.4, 0.5) is 0 Å². The summed E-state index contributed by atoms with van der Waals surface area (Å²) in [6, 6.07) is -0.867. The first-order valence-corrected chi connectivity index (χ1v) is 5.39. The number of hydrogen-bond donors (Lipinski definition) is 1. The Balaban J connectivity index is 2.19. The molecule has 8 heteroatoms. The maximum atomic E-state index is 11.0. The van der Waals surface area contributed by atoms with E-state index in [4.69, 9.17) is 26.7 Å². The van der Waals surface area contributed by atoms with Gasteiger partial charge in [-0.15, -0.1) is 0 Å². The zero-order valence-electron chi connectivity index (χ0n) is 7.37. The van der Waals surface area contributed by atoms with Crippen LogP contribution >= 0.6 is 7.82 Å². The van der Waals surface area contributed by atoms with E-state index >= 15 is 0 Å². The topological polar surface area (TPSA) is 74.2 Å². The molecule has 2 radical (unpaired) electrons. The van der Waals surface area contributed by atoms with E-state index in [1.807, 2.05) is 0 Å². The van der Waals surface area contributed by atoms with Crippen LogP contribution in [-0.4, -0.2) is 38.6 Å². The van der Waals surface area contributed by atoms with Gasteiger partial charge in [0.2, 0.25) is 0 Å². The van der Waals surface area contributed by atoms with Gasteiger partial charge in [-0.1, -0.05) is 0 Å². The molecule has 2 aliphatic rings. The summed E-state index contributed by atoms with van der Waals surface area (Å²) in [5.41, 5.74) is 0. The van der Waals surface area contributed by atoms with Crippen molar-refractivity contribution >= 4 is 15.7 Å². The summed E-state index contributed by atoms with van der Waals surface area (Å²) in [5, 5.41) is 0. The Morgan fingerprint density at radius 2 is 2.21 bits per heavy atom. The Bertz CT molecular complexity index is 328. The van der Waals surface area contributed by atoms with Crippen LogP contribution in [0.2, 0.25) is 0 Å². The van der Waals surface area contributed by atoms with Gasteiger partial charge in [-0.25, -0.2) is 4.57 Å². The predicted molar refractivity (Wildman–Crippen MR) is 45.3 cm³/mol. The third-order valence-electron chi connectivity index (χ3n) is 1.85. The van der Waals surface area contributed by atoms with Crippen LogP contribution in [0.25, 0.3) is 0 Å². The highest BCUT2D eigenvalue weighted by atomic mass is 31.2. The molecule has 0 fully saturated rings. The summed E-state index contributed by atoms with van der Waals surface area (Å²) in [6.45, 7) is 0.190. The smallest absolute Gasteiger partial charge is 0.394 e. The van der Waals surface area contributed by atoms with Crippen LogP contribution in [0.15, 0.2) is 11.5 Å². The average Bonchev–Trinajstić information content (AvgIpc) is 2.51. The van der Waals surface area contributed by atoms with E-state index in [-0.39, 0.29) is 18.1 Å². The van der Waals surface area contributed by atoms with Gasteiger partial charge in [0, 0.05) is 7.11 Å². The quantitative estimate of drug-likeness (QED) is 0.514. The SMILES string of the molecule is [B][C@@H]1O[C@H](COC)C2=C1OP(=O)(O)O2. The van der Waals surface area contributed by atoms with Crippen molar-refractivity contribution < 1.29 is 28.0 Å². The number of phosphoric acid groups is 1. The van der Waals surface area contributed by atoms with Crippen molar-refractivity contribution in [2.24, 2.45) is 0 Å². The van der Waals surface area contributed by atoms with Gasteiger partial charge in [0.15, 0.2) is 11.5 Å². The lowest BCUT2D eigenvalue weighted by atomic mass is 9.99.